The summed E-state index contributed by atoms with van der Waals surface area (Å²) in [5.41, 5.74) is 1.85. The molecule has 0 saturated carbocycles. The Kier molecular flexibility index (Phi) is 3.39. The number of aromatic amines is 1. The highest BCUT2D eigenvalue weighted by atomic mass is 35.5. The van der Waals surface area contributed by atoms with Crippen LogP contribution in [0.4, 0.5) is 5.69 Å². The summed E-state index contributed by atoms with van der Waals surface area (Å²) < 4.78 is 7.31. The van der Waals surface area contributed by atoms with Crippen LogP contribution in [-0.4, -0.2) is 9.36 Å². The molecule has 0 aliphatic heterocycles. The van der Waals surface area contributed by atoms with E-state index in [-0.39, 0.29) is 0 Å². The molecule has 0 spiro atoms. The van der Waals surface area contributed by atoms with Gasteiger partial charge in [0.05, 0.1) is 32.3 Å². The number of hydrogen-bond acceptors (Lipinski definition) is 4. The standard InChI is InChI=1S/C11H7Cl2N3S2/c12-7-1-2-9(11-10(7)8(13)4-14-11)16-18-6-3-15-17-5-6/h1-5,14,16H. The highest BCUT2D eigenvalue weighted by Gasteiger charge is 2.10. The summed E-state index contributed by atoms with van der Waals surface area (Å²) in [7, 11) is 0. The van der Waals surface area contributed by atoms with Gasteiger partial charge in [-0.15, -0.1) is 0 Å². The van der Waals surface area contributed by atoms with Crippen LogP contribution in [0.25, 0.3) is 10.9 Å². The molecule has 18 heavy (non-hydrogen) atoms. The third-order valence-electron chi connectivity index (χ3n) is 2.43. The first-order valence-electron chi connectivity index (χ1n) is 5.03. The first kappa shape index (κ1) is 12.2. The zero-order chi connectivity index (χ0) is 12.5. The Bertz CT molecular complexity index is 679. The van der Waals surface area contributed by atoms with E-state index < -0.39 is 0 Å². The molecular formula is C11H7Cl2N3S2. The lowest BCUT2D eigenvalue weighted by Crippen LogP contribution is -1.87. The second-order valence-electron chi connectivity index (χ2n) is 3.55. The third-order valence-corrected chi connectivity index (χ3v) is 4.55. The largest absolute Gasteiger partial charge is 0.358 e. The number of benzene rings is 1. The van der Waals surface area contributed by atoms with Crippen molar-refractivity contribution in [3.8, 4) is 0 Å². The fourth-order valence-electron chi connectivity index (χ4n) is 1.61. The molecule has 7 heteroatoms. The summed E-state index contributed by atoms with van der Waals surface area (Å²) >= 11 is 15.1. The van der Waals surface area contributed by atoms with E-state index in [0.29, 0.717) is 10.0 Å². The van der Waals surface area contributed by atoms with Crippen LogP contribution in [0.15, 0.2) is 34.8 Å². The van der Waals surface area contributed by atoms with Crippen molar-refractivity contribution in [3.05, 3.63) is 40.0 Å². The van der Waals surface area contributed by atoms with Gasteiger partial charge in [-0.2, -0.15) is 4.37 Å². The molecular weight excluding hydrogens is 309 g/mol. The summed E-state index contributed by atoms with van der Waals surface area (Å²) in [6, 6.07) is 3.75. The molecule has 3 aromatic rings. The van der Waals surface area contributed by atoms with Gasteiger partial charge >= 0.3 is 0 Å². The summed E-state index contributed by atoms with van der Waals surface area (Å²) in [6.07, 6.45) is 3.55. The Hall–Kier alpha value is -0.880. The van der Waals surface area contributed by atoms with Crippen molar-refractivity contribution < 1.29 is 0 Å². The van der Waals surface area contributed by atoms with E-state index in [1.54, 1.807) is 6.20 Å². The van der Waals surface area contributed by atoms with E-state index in [1.807, 2.05) is 23.7 Å². The summed E-state index contributed by atoms with van der Waals surface area (Å²) in [5.74, 6) is 0. The molecule has 0 fully saturated rings. The summed E-state index contributed by atoms with van der Waals surface area (Å²) in [5, 5.41) is 4.09. The SMILES string of the molecule is Clc1ccc(NSc2cnsc2)c2[nH]cc(Cl)c12. The lowest BCUT2D eigenvalue weighted by atomic mass is 10.2. The maximum Gasteiger partial charge on any atom is 0.0728 e. The zero-order valence-electron chi connectivity index (χ0n) is 8.91. The molecule has 2 N–H and O–H groups in total. The molecule has 0 radical (unpaired) electrons. The van der Waals surface area contributed by atoms with Crippen LogP contribution in [0.5, 0.6) is 0 Å². The van der Waals surface area contributed by atoms with Crippen molar-refractivity contribution in [1.82, 2.24) is 9.36 Å². The predicted octanol–water partition coefficient (Wildman–Crippen LogP) is 5.05. The van der Waals surface area contributed by atoms with Gasteiger partial charge in [0.25, 0.3) is 0 Å². The zero-order valence-corrected chi connectivity index (χ0v) is 12.1. The minimum Gasteiger partial charge on any atom is -0.358 e. The van der Waals surface area contributed by atoms with E-state index in [2.05, 4.69) is 14.1 Å². The van der Waals surface area contributed by atoms with Gasteiger partial charge < -0.3 is 9.71 Å². The fourth-order valence-corrected chi connectivity index (χ4v) is 3.46. The minimum absolute atomic E-state index is 0.626. The smallest absolute Gasteiger partial charge is 0.0728 e. The number of rotatable bonds is 3. The second kappa shape index (κ2) is 5.01. The average molecular weight is 316 g/mol. The number of aromatic nitrogens is 2. The predicted molar refractivity (Wildman–Crippen MR) is 79.9 cm³/mol. The van der Waals surface area contributed by atoms with Gasteiger partial charge in [0.15, 0.2) is 0 Å². The Labute approximate surface area is 122 Å². The number of H-pyrrole nitrogens is 1. The first-order valence-corrected chi connectivity index (χ1v) is 7.44. The molecule has 0 amide bonds. The summed E-state index contributed by atoms with van der Waals surface area (Å²) in [4.78, 5) is 4.19. The van der Waals surface area contributed by atoms with Gasteiger partial charge in [0.2, 0.25) is 0 Å². The van der Waals surface area contributed by atoms with Crippen LogP contribution in [0, 0.1) is 0 Å². The maximum absolute atomic E-state index is 6.13. The van der Waals surface area contributed by atoms with Gasteiger partial charge in [0, 0.05) is 17.0 Å². The lowest BCUT2D eigenvalue weighted by molar-refractivity contribution is 1.44. The molecule has 1 aromatic carbocycles. The number of nitrogens with one attached hydrogen (secondary N) is 2. The van der Waals surface area contributed by atoms with Crippen LogP contribution in [0.1, 0.15) is 0 Å². The van der Waals surface area contributed by atoms with E-state index in [0.717, 1.165) is 21.5 Å². The van der Waals surface area contributed by atoms with Crippen LogP contribution >= 0.6 is 46.7 Å². The number of halogens is 2. The van der Waals surface area contributed by atoms with Crippen LogP contribution < -0.4 is 4.72 Å². The average Bonchev–Trinajstić information content (AvgIpc) is 2.99. The van der Waals surface area contributed by atoms with E-state index in [4.69, 9.17) is 23.2 Å². The van der Waals surface area contributed by atoms with Crippen molar-refractivity contribution >= 4 is 63.3 Å². The van der Waals surface area contributed by atoms with Crippen molar-refractivity contribution in [2.45, 2.75) is 4.90 Å². The number of nitrogens with zero attached hydrogens (tertiary/aromatic N) is 1. The Morgan fingerprint density at radius 3 is 2.94 bits per heavy atom. The lowest BCUT2D eigenvalue weighted by Gasteiger charge is -2.06. The Morgan fingerprint density at radius 1 is 1.28 bits per heavy atom. The van der Waals surface area contributed by atoms with Crippen LogP contribution in [0.3, 0.4) is 0 Å². The van der Waals surface area contributed by atoms with Gasteiger partial charge in [-0.05, 0) is 35.6 Å². The van der Waals surface area contributed by atoms with E-state index >= 15 is 0 Å². The second-order valence-corrected chi connectivity index (χ2v) is 5.90. The van der Waals surface area contributed by atoms with Gasteiger partial charge in [-0.25, -0.2) is 0 Å². The number of hydrogen-bond donors (Lipinski definition) is 2. The molecule has 3 nitrogen and oxygen atoms in total. The van der Waals surface area contributed by atoms with Crippen LogP contribution in [0.2, 0.25) is 10.0 Å². The maximum atomic E-state index is 6.13. The highest BCUT2D eigenvalue weighted by Crippen LogP contribution is 2.36. The van der Waals surface area contributed by atoms with Gasteiger partial charge in [-0.3, -0.25) is 0 Å². The molecule has 0 aliphatic rings. The van der Waals surface area contributed by atoms with Crippen molar-refractivity contribution in [2.75, 3.05) is 4.72 Å². The molecule has 0 unspecified atom stereocenters. The topological polar surface area (TPSA) is 40.7 Å². The normalized spacial score (nSPS) is 11.0. The molecule has 0 atom stereocenters. The summed E-state index contributed by atoms with van der Waals surface area (Å²) in [6.45, 7) is 0. The van der Waals surface area contributed by atoms with Crippen molar-refractivity contribution in [2.24, 2.45) is 0 Å². The Balaban J connectivity index is 1.95. The quantitative estimate of drug-likeness (QED) is 0.664. The molecule has 0 saturated heterocycles. The van der Waals surface area contributed by atoms with Crippen molar-refractivity contribution in [3.63, 3.8) is 0 Å². The highest BCUT2D eigenvalue weighted by molar-refractivity contribution is 8.00. The molecule has 0 aliphatic carbocycles. The van der Waals surface area contributed by atoms with Gasteiger partial charge in [0.1, 0.15) is 0 Å². The minimum atomic E-state index is 0.626. The third kappa shape index (κ3) is 2.19. The Morgan fingerprint density at radius 2 is 2.17 bits per heavy atom. The fraction of sp³-hybridized carbons (Fsp3) is 0. The monoisotopic (exact) mass is 315 g/mol. The first-order chi connectivity index (χ1) is 8.75. The number of fused-ring (bicyclic) bond motifs is 1. The molecule has 2 heterocycles. The van der Waals surface area contributed by atoms with Crippen molar-refractivity contribution in [1.29, 1.82) is 0 Å². The molecule has 2 aromatic heterocycles. The molecule has 3 rings (SSSR count). The van der Waals surface area contributed by atoms with Crippen LogP contribution in [-0.2, 0) is 0 Å². The van der Waals surface area contributed by atoms with E-state index in [9.17, 15) is 0 Å². The van der Waals surface area contributed by atoms with Gasteiger partial charge in [-0.1, -0.05) is 23.2 Å². The number of anilines is 1. The molecule has 92 valence electrons. The van der Waals surface area contributed by atoms with E-state index in [1.165, 1.54) is 23.5 Å². The molecule has 0 bridgehead atoms.